The zero-order chi connectivity index (χ0) is 14.5. The maximum absolute atomic E-state index is 12.0. The van der Waals surface area contributed by atoms with Crippen LogP contribution in [-0.2, 0) is 9.53 Å². The van der Waals surface area contributed by atoms with Gasteiger partial charge in [0.05, 0.1) is 6.04 Å². The minimum Gasteiger partial charge on any atom is -0.447 e. The van der Waals surface area contributed by atoms with Gasteiger partial charge in [0.25, 0.3) is 0 Å². The normalized spacial score (nSPS) is 24.1. The molecule has 2 rings (SSSR count). The number of hydrogen-bond donors (Lipinski definition) is 0. The SMILES string of the molecule is CCC1COC(=O)N1C1CCN(C(=O)CCSC)CC1. The fraction of sp³-hybridized carbons (Fsp3) is 0.857. The highest BCUT2D eigenvalue weighted by atomic mass is 32.2. The molecular formula is C14H24N2O3S. The molecule has 6 heteroatoms. The van der Waals surface area contributed by atoms with E-state index in [2.05, 4.69) is 6.92 Å². The zero-order valence-electron chi connectivity index (χ0n) is 12.3. The second kappa shape index (κ2) is 7.20. The highest BCUT2D eigenvalue weighted by Gasteiger charge is 2.38. The number of cyclic esters (lactones) is 1. The number of carbonyl (C=O) groups excluding carboxylic acids is 2. The van der Waals surface area contributed by atoms with Gasteiger partial charge in [-0.1, -0.05) is 6.92 Å². The third kappa shape index (κ3) is 3.40. The second-order valence-electron chi connectivity index (χ2n) is 5.40. The van der Waals surface area contributed by atoms with Crippen LogP contribution < -0.4 is 0 Å². The molecule has 0 saturated carbocycles. The number of hydrogen-bond acceptors (Lipinski definition) is 4. The minimum absolute atomic E-state index is 0.177. The first-order chi connectivity index (χ1) is 9.67. The summed E-state index contributed by atoms with van der Waals surface area (Å²) in [7, 11) is 0. The monoisotopic (exact) mass is 300 g/mol. The molecule has 0 N–H and O–H groups in total. The van der Waals surface area contributed by atoms with Crippen LogP contribution in [0.3, 0.4) is 0 Å². The van der Waals surface area contributed by atoms with E-state index in [1.807, 2.05) is 16.1 Å². The van der Waals surface area contributed by atoms with Crippen molar-refractivity contribution in [1.29, 1.82) is 0 Å². The summed E-state index contributed by atoms with van der Waals surface area (Å²) in [6.07, 6.45) is 5.13. The molecular weight excluding hydrogens is 276 g/mol. The van der Waals surface area contributed by atoms with Crippen LogP contribution in [-0.4, -0.2) is 65.6 Å². The third-order valence-corrected chi connectivity index (χ3v) is 4.82. The van der Waals surface area contributed by atoms with E-state index < -0.39 is 0 Å². The second-order valence-corrected chi connectivity index (χ2v) is 6.39. The number of carbonyl (C=O) groups is 2. The maximum Gasteiger partial charge on any atom is 0.410 e. The molecule has 0 aromatic heterocycles. The van der Waals surface area contributed by atoms with E-state index in [4.69, 9.17) is 4.74 Å². The lowest BCUT2D eigenvalue weighted by Crippen LogP contribution is -2.49. The first-order valence-electron chi connectivity index (χ1n) is 7.39. The number of nitrogens with zero attached hydrogens (tertiary/aromatic N) is 2. The van der Waals surface area contributed by atoms with Gasteiger partial charge < -0.3 is 9.64 Å². The van der Waals surface area contributed by atoms with Crippen molar-refractivity contribution in [2.45, 2.75) is 44.7 Å². The summed E-state index contributed by atoms with van der Waals surface area (Å²) >= 11 is 1.70. The Labute approximate surface area is 125 Å². The smallest absolute Gasteiger partial charge is 0.410 e. The van der Waals surface area contributed by atoms with Gasteiger partial charge in [0.15, 0.2) is 0 Å². The molecule has 2 heterocycles. The van der Waals surface area contributed by atoms with E-state index in [0.717, 1.165) is 38.1 Å². The van der Waals surface area contributed by atoms with E-state index in [1.165, 1.54) is 0 Å². The summed E-state index contributed by atoms with van der Waals surface area (Å²) < 4.78 is 5.15. The Kier molecular flexibility index (Phi) is 5.57. The van der Waals surface area contributed by atoms with Crippen LogP contribution in [0, 0.1) is 0 Å². The van der Waals surface area contributed by atoms with E-state index in [9.17, 15) is 9.59 Å². The zero-order valence-corrected chi connectivity index (χ0v) is 13.2. The lowest BCUT2D eigenvalue weighted by molar-refractivity contribution is -0.132. The molecule has 0 aromatic carbocycles. The van der Waals surface area contributed by atoms with Crippen LogP contribution in [0.4, 0.5) is 4.79 Å². The highest BCUT2D eigenvalue weighted by Crippen LogP contribution is 2.25. The average Bonchev–Trinajstić information content (AvgIpc) is 2.86. The Morgan fingerprint density at radius 3 is 2.70 bits per heavy atom. The Morgan fingerprint density at radius 2 is 2.10 bits per heavy atom. The van der Waals surface area contributed by atoms with Gasteiger partial charge in [-0.2, -0.15) is 11.8 Å². The molecule has 5 nitrogen and oxygen atoms in total. The minimum atomic E-state index is -0.177. The molecule has 0 spiro atoms. The van der Waals surface area contributed by atoms with Gasteiger partial charge >= 0.3 is 6.09 Å². The Balaban J connectivity index is 1.84. The predicted octanol–water partition coefficient (Wildman–Crippen LogP) is 1.96. The van der Waals surface area contributed by atoms with E-state index >= 15 is 0 Å². The molecule has 1 unspecified atom stereocenters. The van der Waals surface area contributed by atoms with Crippen molar-refractivity contribution in [2.24, 2.45) is 0 Å². The van der Waals surface area contributed by atoms with E-state index in [0.29, 0.717) is 13.0 Å². The van der Waals surface area contributed by atoms with Crippen molar-refractivity contribution >= 4 is 23.8 Å². The molecule has 2 saturated heterocycles. The highest BCUT2D eigenvalue weighted by molar-refractivity contribution is 7.98. The molecule has 2 amide bonds. The third-order valence-electron chi connectivity index (χ3n) is 4.21. The largest absolute Gasteiger partial charge is 0.447 e. The number of piperidine rings is 1. The van der Waals surface area contributed by atoms with Crippen LogP contribution in [0.2, 0.25) is 0 Å². The van der Waals surface area contributed by atoms with Crippen molar-refractivity contribution in [3.05, 3.63) is 0 Å². The van der Waals surface area contributed by atoms with E-state index in [-0.39, 0.29) is 24.1 Å². The van der Waals surface area contributed by atoms with Gasteiger partial charge in [0.2, 0.25) is 5.91 Å². The first-order valence-corrected chi connectivity index (χ1v) is 8.78. The van der Waals surface area contributed by atoms with Crippen LogP contribution in [0.1, 0.15) is 32.6 Å². The van der Waals surface area contributed by atoms with Crippen LogP contribution >= 0.6 is 11.8 Å². The fourth-order valence-corrected chi connectivity index (χ4v) is 3.35. The van der Waals surface area contributed by atoms with Gasteiger partial charge in [-0.3, -0.25) is 9.69 Å². The summed E-state index contributed by atoms with van der Waals surface area (Å²) in [6.45, 7) is 4.12. The summed E-state index contributed by atoms with van der Waals surface area (Å²) in [4.78, 5) is 27.6. The van der Waals surface area contributed by atoms with Crippen LogP contribution in [0.15, 0.2) is 0 Å². The summed E-state index contributed by atoms with van der Waals surface area (Å²) in [5.74, 6) is 1.13. The van der Waals surface area contributed by atoms with Gasteiger partial charge in [-0.25, -0.2) is 4.79 Å². The van der Waals surface area contributed by atoms with Gasteiger partial charge in [-0.05, 0) is 25.5 Å². The van der Waals surface area contributed by atoms with Crippen molar-refractivity contribution in [2.75, 3.05) is 31.7 Å². The Morgan fingerprint density at radius 1 is 1.40 bits per heavy atom. The Hall–Kier alpha value is -0.910. The number of ether oxygens (including phenoxy) is 1. The summed E-state index contributed by atoms with van der Waals surface area (Å²) in [6, 6.07) is 0.450. The maximum atomic E-state index is 12.0. The van der Waals surface area contributed by atoms with Crippen molar-refractivity contribution in [1.82, 2.24) is 9.80 Å². The molecule has 114 valence electrons. The summed E-state index contributed by atoms with van der Waals surface area (Å²) in [5.41, 5.74) is 0. The number of amides is 2. The lowest BCUT2D eigenvalue weighted by Gasteiger charge is -2.37. The Bertz CT molecular complexity index is 356. The molecule has 0 aromatic rings. The standard InChI is InChI=1S/C14H24N2O3S/c1-3-11-10-19-14(18)16(11)12-4-7-15(8-5-12)13(17)6-9-20-2/h11-12H,3-10H2,1-2H3. The van der Waals surface area contributed by atoms with E-state index in [1.54, 1.807) is 11.8 Å². The van der Waals surface area contributed by atoms with Crippen molar-refractivity contribution in [3.63, 3.8) is 0 Å². The first kappa shape index (κ1) is 15.5. The topological polar surface area (TPSA) is 49.9 Å². The van der Waals surface area contributed by atoms with Crippen LogP contribution in [0.25, 0.3) is 0 Å². The predicted molar refractivity (Wildman–Crippen MR) is 79.9 cm³/mol. The number of rotatable bonds is 5. The summed E-state index contributed by atoms with van der Waals surface area (Å²) in [5, 5.41) is 0. The number of thioether (sulfide) groups is 1. The van der Waals surface area contributed by atoms with Crippen molar-refractivity contribution in [3.8, 4) is 0 Å². The molecule has 1 atom stereocenters. The molecule has 0 aliphatic carbocycles. The molecule has 2 aliphatic heterocycles. The van der Waals surface area contributed by atoms with Gasteiger partial charge in [0.1, 0.15) is 6.61 Å². The molecule has 2 aliphatic rings. The number of likely N-dealkylation sites (tertiary alicyclic amines) is 1. The molecule has 0 radical (unpaired) electrons. The molecule has 0 bridgehead atoms. The fourth-order valence-electron chi connectivity index (χ4n) is 2.97. The average molecular weight is 300 g/mol. The van der Waals surface area contributed by atoms with Crippen molar-refractivity contribution < 1.29 is 14.3 Å². The molecule has 2 fully saturated rings. The van der Waals surface area contributed by atoms with Gasteiger partial charge in [0, 0.05) is 31.3 Å². The molecule has 20 heavy (non-hydrogen) atoms. The quantitative estimate of drug-likeness (QED) is 0.779. The van der Waals surface area contributed by atoms with Gasteiger partial charge in [-0.15, -0.1) is 0 Å². The lowest BCUT2D eigenvalue weighted by atomic mass is 10.0. The van der Waals surface area contributed by atoms with Crippen LogP contribution in [0.5, 0.6) is 0 Å².